The first-order valence-corrected chi connectivity index (χ1v) is 13.2. The van der Waals surface area contributed by atoms with Gasteiger partial charge in [0.1, 0.15) is 6.10 Å². The van der Waals surface area contributed by atoms with E-state index in [2.05, 4.69) is 0 Å². The van der Waals surface area contributed by atoms with Crippen LogP contribution in [0, 0.1) is 28.6 Å². The molecule has 0 saturated heterocycles. The van der Waals surface area contributed by atoms with E-state index in [9.17, 15) is 29.7 Å². The van der Waals surface area contributed by atoms with Gasteiger partial charge in [-0.05, 0) is 57.1 Å². The third-order valence-electron chi connectivity index (χ3n) is 9.98. The van der Waals surface area contributed by atoms with Crippen molar-refractivity contribution in [1.82, 2.24) is 0 Å². The number of rotatable bonds is 7. The van der Waals surface area contributed by atoms with E-state index in [4.69, 9.17) is 4.74 Å². The fraction of sp³-hybridized carbons (Fsp3) is 0.750. The van der Waals surface area contributed by atoms with Crippen LogP contribution in [0.4, 0.5) is 4.39 Å². The maximum Gasteiger partial charge on any atom is 0.306 e. The van der Waals surface area contributed by atoms with Crippen LogP contribution in [0.3, 0.4) is 0 Å². The van der Waals surface area contributed by atoms with Crippen molar-refractivity contribution < 1.29 is 38.8 Å². The quantitative estimate of drug-likeness (QED) is 0.454. The van der Waals surface area contributed by atoms with E-state index in [-0.39, 0.29) is 25.0 Å². The van der Waals surface area contributed by atoms with Crippen LogP contribution >= 0.6 is 0 Å². The lowest BCUT2D eigenvalue weighted by Crippen LogP contribution is -2.70. The number of Topliss-reactive ketones (excluding diaryl/α,β-unsaturated/α-hetero) is 1. The first-order chi connectivity index (χ1) is 16.8. The Labute approximate surface area is 211 Å². The number of hydrogen-bond acceptors (Lipinski definition) is 7. The molecule has 0 bridgehead atoms. The Bertz CT molecular complexity index is 1010. The third-order valence-corrected chi connectivity index (χ3v) is 9.98. The molecule has 7 nitrogen and oxygen atoms in total. The molecule has 36 heavy (non-hydrogen) atoms. The molecule has 3 fully saturated rings. The molecule has 0 spiro atoms. The standard InChI is InChI=1S/C28H39FO7/c1-5-6-23(34)36-28(24(35)21(32)10-12-30)16(2)13-20-19-8-7-17-14-18(31)9-11-25(17,3)27(19,29)22(33)15-26(20,28)4/h9,11,14,16,19-22,30,32-33H,5-8,10,12-13,15H2,1-4H3/t16-,19+,20+,21?,22+,25+,26+,27+,28+/m1/s1. The molecular weight excluding hydrogens is 467 g/mol. The largest absolute Gasteiger partial charge is 0.450 e. The van der Waals surface area contributed by atoms with E-state index >= 15 is 4.39 Å². The lowest BCUT2D eigenvalue weighted by atomic mass is 9.44. The minimum absolute atomic E-state index is 0.0860. The normalized spacial score (nSPS) is 44.2. The molecule has 0 aliphatic heterocycles. The van der Waals surface area contributed by atoms with E-state index in [0.717, 1.165) is 0 Å². The number of halogens is 1. The van der Waals surface area contributed by atoms with Gasteiger partial charge in [-0.15, -0.1) is 0 Å². The van der Waals surface area contributed by atoms with E-state index < -0.39 is 70.4 Å². The molecule has 3 N–H and O–H groups in total. The van der Waals surface area contributed by atoms with Gasteiger partial charge in [-0.2, -0.15) is 0 Å². The highest BCUT2D eigenvalue weighted by molar-refractivity contribution is 6.01. The number of carbonyl (C=O) groups excluding carboxylic acids is 3. The average Bonchev–Trinajstić information content (AvgIpc) is 3.02. The minimum Gasteiger partial charge on any atom is -0.450 e. The molecule has 1 unspecified atom stereocenters. The monoisotopic (exact) mass is 506 g/mol. The van der Waals surface area contributed by atoms with E-state index in [0.29, 0.717) is 31.3 Å². The lowest BCUT2D eigenvalue weighted by molar-refractivity contribution is -0.230. The number of ketones is 2. The molecule has 3 saturated carbocycles. The number of fused-ring (bicyclic) bond motifs is 5. The highest BCUT2D eigenvalue weighted by Crippen LogP contribution is 2.71. The molecule has 8 heteroatoms. The van der Waals surface area contributed by atoms with Crippen molar-refractivity contribution in [2.75, 3.05) is 6.61 Å². The van der Waals surface area contributed by atoms with Gasteiger partial charge < -0.3 is 20.1 Å². The van der Waals surface area contributed by atoms with Crippen LogP contribution in [0.1, 0.15) is 72.6 Å². The van der Waals surface area contributed by atoms with Gasteiger partial charge in [-0.3, -0.25) is 14.4 Å². The highest BCUT2D eigenvalue weighted by Gasteiger charge is 2.77. The summed E-state index contributed by atoms with van der Waals surface area (Å²) in [6.07, 6.45) is 2.86. The van der Waals surface area contributed by atoms with Gasteiger partial charge in [0.2, 0.25) is 5.78 Å². The smallest absolute Gasteiger partial charge is 0.306 e. The number of aliphatic hydroxyl groups excluding tert-OH is 3. The summed E-state index contributed by atoms with van der Waals surface area (Å²) in [4.78, 5) is 38.8. The summed E-state index contributed by atoms with van der Waals surface area (Å²) in [5, 5.41) is 31.6. The number of ether oxygens (including phenoxy) is 1. The molecule has 4 rings (SSSR count). The molecule has 4 aliphatic carbocycles. The van der Waals surface area contributed by atoms with Gasteiger partial charge in [0.05, 0.1) is 6.10 Å². The molecule has 200 valence electrons. The second kappa shape index (κ2) is 9.14. The Balaban J connectivity index is 1.84. The summed E-state index contributed by atoms with van der Waals surface area (Å²) in [6, 6.07) is 0. The van der Waals surface area contributed by atoms with Crippen molar-refractivity contribution in [2.45, 2.75) is 96.1 Å². The summed E-state index contributed by atoms with van der Waals surface area (Å²) in [6.45, 7) is 6.69. The van der Waals surface area contributed by atoms with E-state index in [1.807, 2.05) is 6.92 Å². The molecular formula is C28H39FO7. The van der Waals surface area contributed by atoms with Crippen molar-refractivity contribution >= 4 is 17.5 Å². The van der Waals surface area contributed by atoms with Crippen LogP contribution in [0.2, 0.25) is 0 Å². The zero-order valence-electron chi connectivity index (χ0n) is 21.6. The zero-order chi connectivity index (χ0) is 26.7. The number of aliphatic hydroxyl groups is 3. The number of allylic oxidation sites excluding steroid dienone is 4. The van der Waals surface area contributed by atoms with Gasteiger partial charge in [0, 0.05) is 42.1 Å². The fourth-order valence-corrected chi connectivity index (χ4v) is 8.26. The van der Waals surface area contributed by atoms with Crippen molar-refractivity contribution in [3.05, 3.63) is 23.8 Å². The number of hydrogen-bond donors (Lipinski definition) is 3. The summed E-state index contributed by atoms with van der Waals surface area (Å²) in [7, 11) is 0. The third kappa shape index (κ3) is 3.43. The number of alkyl halides is 1. The van der Waals surface area contributed by atoms with Crippen LogP contribution in [-0.2, 0) is 19.1 Å². The van der Waals surface area contributed by atoms with Gasteiger partial charge in [0.15, 0.2) is 17.1 Å². The topological polar surface area (TPSA) is 121 Å². The van der Waals surface area contributed by atoms with Crippen LogP contribution in [0.15, 0.2) is 23.8 Å². The second-order valence-electron chi connectivity index (χ2n) is 11.8. The van der Waals surface area contributed by atoms with Crippen molar-refractivity contribution in [3.63, 3.8) is 0 Å². The molecule has 0 aromatic rings. The van der Waals surface area contributed by atoms with Crippen LogP contribution in [0.5, 0.6) is 0 Å². The Hall–Kier alpha value is -1.90. The van der Waals surface area contributed by atoms with Crippen LogP contribution < -0.4 is 0 Å². The maximum atomic E-state index is 17.4. The summed E-state index contributed by atoms with van der Waals surface area (Å²) >= 11 is 0. The van der Waals surface area contributed by atoms with Gasteiger partial charge in [-0.25, -0.2) is 4.39 Å². The Morgan fingerprint density at radius 3 is 2.61 bits per heavy atom. The number of carbonyl (C=O) groups is 3. The first kappa shape index (κ1) is 27.1. The van der Waals surface area contributed by atoms with Crippen LogP contribution in [-0.4, -0.2) is 62.9 Å². The zero-order valence-corrected chi connectivity index (χ0v) is 21.6. The van der Waals surface area contributed by atoms with E-state index in [1.54, 1.807) is 26.8 Å². The highest BCUT2D eigenvalue weighted by atomic mass is 19.1. The van der Waals surface area contributed by atoms with Gasteiger partial charge >= 0.3 is 5.97 Å². The van der Waals surface area contributed by atoms with Crippen molar-refractivity contribution in [1.29, 1.82) is 0 Å². The van der Waals surface area contributed by atoms with Gasteiger partial charge in [0.25, 0.3) is 0 Å². The Morgan fingerprint density at radius 2 is 1.97 bits per heavy atom. The lowest BCUT2D eigenvalue weighted by Gasteiger charge is -2.62. The Kier molecular flexibility index (Phi) is 6.89. The van der Waals surface area contributed by atoms with Crippen molar-refractivity contribution in [2.24, 2.45) is 28.6 Å². The van der Waals surface area contributed by atoms with Crippen molar-refractivity contribution in [3.8, 4) is 0 Å². The molecule has 0 heterocycles. The van der Waals surface area contributed by atoms with Gasteiger partial charge in [-0.1, -0.05) is 32.4 Å². The maximum absolute atomic E-state index is 17.4. The minimum atomic E-state index is -2.07. The summed E-state index contributed by atoms with van der Waals surface area (Å²) < 4.78 is 23.4. The predicted molar refractivity (Wildman–Crippen MR) is 129 cm³/mol. The summed E-state index contributed by atoms with van der Waals surface area (Å²) in [5.41, 5.74) is -5.46. The SMILES string of the molecule is CCCC(=O)O[C@]1(C(=O)C(O)CCO)[C@H](C)C[C@H]2[C@@H]3CCC4=CC(=O)C=C[C@]4(C)[C@@]3(F)[C@@H](O)C[C@@]21C. The fourth-order valence-electron chi connectivity index (χ4n) is 8.26. The molecule has 9 atom stereocenters. The van der Waals surface area contributed by atoms with E-state index in [1.165, 1.54) is 12.2 Å². The molecule has 0 aromatic carbocycles. The second-order valence-corrected chi connectivity index (χ2v) is 11.8. The molecule has 0 amide bonds. The summed E-state index contributed by atoms with van der Waals surface area (Å²) in [5.74, 6) is -3.05. The number of esters is 1. The van der Waals surface area contributed by atoms with Crippen LogP contribution in [0.25, 0.3) is 0 Å². The first-order valence-electron chi connectivity index (χ1n) is 13.2. The average molecular weight is 507 g/mol. The Morgan fingerprint density at radius 1 is 1.28 bits per heavy atom. The molecule has 4 aliphatic rings. The molecule has 0 radical (unpaired) electrons. The predicted octanol–water partition coefficient (Wildman–Crippen LogP) is 3.00. The molecule has 0 aromatic heterocycles.